The van der Waals surface area contributed by atoms with Crippen molar-refractivity contribution in [1.82, 2.24) is 19.8 Å². The fraction of sp³-hybridized carbons (Fsp3) is 0.472. The quantitative estimate of drug-likeness (QED) is 0.241. The number of rotatable bonds is 3. The number of fused-ring (bicyclic) bond motifs is 4. The lowest BCUT2D eigenvalue weighted by molar-refractivity contribution is -0.00320. The topological polar surface area (TPSA) is 65.0 Å². The average Bonchev–Trinajstić information content (AvgIpc) is 3.22. The highest BCUT2D eigenvalue weighted by molar-refractivity contribution is 6.35. The zero-order chi connectivity index (χ0) is 32.1. The van der Waals surface area contributed by atoms with Crippen LogP contribution in [0.25, 0.3) is 32.8 Å². The first-order valence-electron chi connectivity index (χ1n) is 16.3. The van der Waals surface area contributed by atoms with Crippen LogP contribution in [0.4, 0.5) is 21.0 Å². The summed E-state index contributed by atoms with van der Waals surface area (Å²) in [6.45, 7) is 12.7. The molecule has 8 nitrogen and oxygen atoms in total. The maximum atomic E-state index is 17.1. The van der Waals surface area contributed by atoms with Crippen molar-refractivity contribution in [3.63, 3.8) is 0 Å². The van der Waals surface area contributed by atoms with Gasteiger partial charge in [0.25, 0.3) is 0 Å². The lowest BCUT2D eigenvalue weighted by Gasteiger charge is -2.59. The molecule has 10 heteroatoms. The molecule has 46 heavy (non-hydrogen) atoms. The van der Waals surface area contributed by atoms with Crippen LogP contribution in [0, 0.1) is 18.2 Å². The molecule has 4 saturated heterocycles. The van der Waals surface area contributed by atoms with E-state index in [0.717, 1.165) is 60.9 Å². The smallest absolute Gasteiger partial charge is 0.410 e. The van der Waals surface area contributed by atoms with Gasteiger partial charge in [0.05, 0.1) is 17.1 Å². The third-order valence-electron chi connectivity index (χ3n) is 10.1. The molecule has 5 heterocycles. The van der Waals surface area contributed by atoms with Gasteiger partial charge in [-0.1, -0.05) is 48.0 Å². The Balaban J connectivity index is 1.23. The van der Waals surface area contributed by atoms with Gasteiger partial charge in [-0.25, -0.2) is 14.2 Å². The van der Waals surface area contributed by atoms with E-state index in [1.165, 1.54) is 0 Å². The largest absolute Gasteiger partial charge is 0.444 e. The van der Waals surface area contributed by atoms with Crippen molar-refractivity contribution < 1.29 is 13.9 Å². The molecule has 0 aliphatic carbocycles. The Hall–Kier alpha value is -3.69. The lowest BCUT2D eigenvalue weighted by Crippen LogP contribution is -2.71. The average molecular weight is 643 g/mol. The van der Waals surface area contributed by atoms with Crippen molar-refractivity contribution in [2.45, 2.75) is 58.2 Å². The lowest BCUT2D eigenvalue weighted by atomic mass is 9.73. The zero-order valence-corrected chi connectivity index (χ0v) is 27.9. The van der Waals surface area contributed by atoms with Crippen molar-refractivity contribution in [2.24, 2.45) is 5.41 Å². The summed E-state index contributed by atoms with van der Waals surface area (Å²) >= 11 is 7.02. The van der Waals surface area contributed by atoms with E-state index in [2.05, 4.69) is 27.8 Å². The van der Waals surface area contributed by atoms with Gasteiger partial charge in [0, 0.05) is 55.6 Å². The molecule has 8 rings (SSSR count). The summed E-state index contributed by atoms with van der Waals surface area (Å²) < 4.78 is 22.8. The summed E-state index contributed by atoms with van der Waals surface area (Å²) in [4.78, 5) is 31.9. The number of halogens is 2. The maximum Gasteiger partial charge on any atom is 0.410 e. The number of likely N-dealkylation sites (tertiary alicyclic amines) is 1. The van der Waals surface area contributed by atoms with E-state index in [0.29, 0.717) is 40.8 Å². The third-order valence-corrected chi connectivity index (χ3v) is 10.4. The van der Waals surface area contributed by atoms with Gasteiger partial charge < -0.3 is 19.4 Å². The minimum Gasteiger partial charge on any atom is -0.444 e. The summed E-state index contributed by atoms with van der Waals surface area (Å²) in [6, 6.07) is 13.9. The molecule has 240 valence electrons. The van der Waals surface area contributed by atoms with E-state index in [-0.39, 0.29) is 29.1 Å². The van der Waals surface area contributed by atoms with Crippen LogP contribution in [0.5, 0.6) is 0 Å². The highest BCUT2D eigenvalue weighted by Gasteiger charge is 2.51. The Morgan fingerprint density at radius 3 is 2.35 bits per heavy atom. The molecular weight excluding hydrogens is 603 g/mol. The summed E-state index contributed by atoms with van der Waals surface area (Å²) in [6.07, 6.45) is 1.50. The third kappa shape index (κ3) is 4.85. The first kappa shape index (κ1) is 29.7. The number of carbonyl (C=O) groups excluding carboxylic acids is 1. The normalized spacial score (nSPS) is 22.5. The number of anilines is 2. The molecule has 2 bridgehead atoms. The highest BCUT2D eigenvalue weighted by atomic mass is 35.5. The Morgan fingerprint density at radius 1 is 0.978 bits per heavy atom. The Morgan fingerprint density at radius 2 is 1.67 bits per heavy atom. The van der Waals surface area contributed by atoms with Crippen LogP contribution in [0.2, 0.25) is 5.02 Å². The number of hydrogen-bond donors (Lipinski definition) is 0. The Labute approximate surface area is 274 Å². The standard InChI is InChI=1S/C36H40ClFN6O2/c1-21-12-22-8-6-7-9-25(22)26(13-21)29-28(37)14-27-31(30(29)38)39-33(43-19-36(20-43)17-41(5)18-36)40-32(27)42-15-23-10-11-24(16-42)44(23)34(45)46-35(2,3)4/h6-9,12-14,23-24H,10-11,15-20H2,1-5H3. The number of amides is 1. The van der Waals surface area contributed by atoms with E-state index in [9.17, 15) is 4.79 Å². The van der Waals surface area contributed by atoms with Gasteiger partial charge in [-0.2, -0.15) is 4.98 Å². The molecule has 2 unspecified atom stereocenters. The second kappa shape index (κ2) is 10.4. The van der Waals surface area contributed by atoms with Gasteiger partial charge >= 0.3 is 6.09 Å². The number of ether oxygens (including phenoxy) is 1. The van der Waals surface area contributed by atoms with Gasteiger partial charge in [-0.15, -0.1) is 0 Å². The van der Waals surface area contributed by atoms with E-state index in [1.54, 1.807) is 0 Å². The molecule has 0 N–H and O–H groups in total. The number of nitrogens with zero attached hydrogens (tertiary/aromatic N) is 6. The number of aryl methyl sites for hydroxylation is 1. The molecule has 1 amide bonds. The van der Waals surface area contributed by atoms with Crippen LogP contribution in [0.1, 0.15) is 39.2 Å². The van der Waals surface area contributed by atoms with Crippen molar-refractivity contribution >= 4 is 51.1 Å². The first-order valence-corrected chi connectivity index (χ1v) is 16.7. The highest BCUT2D eigenvalue weighted by Crippen LogP contribution is 2.45. The number of piperazine rings is 1. The van der Waals surface area contributed by atoms with E-state index in [4.69, 9.17) is 26.3 Å². The summed E-state index contributed by atoms with van der Waals surface area (Å²) in [5, 5.41) is 2.90. The summed E-state index contributed by atoms with van der Waals surface area (Å²) in [5.74, 6) is 0.789. The molecule has 0 radical (unpaired) electrons. The predicted octanol–water partition coefficient (Wildman–Crippen LogP) is 6.89. The second-order valence-electron chi connectivity index (χ2n) is 15.0. The SMILES string of the molecule is Cc1cc(-c2c(Cl)cc3c(N4CC5CCC(C4)N5C(=O)OC(C)(C)C)nc(N4CC5(CN(C)C5)C4)nc3c2F)c2ccccc2c1. The van der Waals surface area contributed by atoms with E-state index < -0.39 is 11.4 Å². The number of aromatic nitrogens is 2. The molecular formula is C36H40ClFN6O2. The van der Waals surface area contributed by atoms with Crippen molar-refractivity contribution in [3.05, 3.63) is 58.9 Å². The van der Waals surface area contributed by atoms with Crippen LogP contribution in [0.3, 0.4) is 0 Å². The minimum atomic E-state index is -0.566. The van der Waals surface area contributed by atoms with E-state index in [1.807, 2.05) is 69.0 Å². The molecule has 1 spiro atoms. The van der Waals surface area contributed by atoms with Gasteiger partial charge in [0.2, 0.25) is 5.95 Å². The summed E-state index contributed by atoms with van der Waals surface area (Å²) in [5.41, 5.74) is 2.12. The van der Waals surface area contributed by atoms with Crippen LogP contribution in [0.15, 0.2) is 42.5 Å². The molecule has 4 aliphatic rings. The number of hydrogen-bond acceptors (Lipinski definition) is 7. The Bertz CT molecular complexity index is 1880. The maximum absolute atomic E-state index is 17.1. The van der Waals surface area contributed by atoms with Gasteiger partial charge in [0.15, 0.2) is 5.82 Å². The fourth-order valence-corrected chi connectivity index (χ4v) is 8.65. The van der Waals surface area contributed by atoms with Crippen LogP contribution in [-0.4, -0.2) is 89.9 Å². The summed E-state index contributed by atoms with van der Waals surface area (Å²) in [7, 11) is 2.14. The van der Waals surface area contributed by atoms with Gasteiger partial charge in [-0.3, -0.25) is 4.90 Å². The minimum absolute atomic E-state index is 0.0156. The molecule has 2 atom stereocenters. The molecule has 4 aromatic rings. The van der Waals surface area contributed by atoms with Gasteiger partial charge in [0.1, 0.15) is 16.9 Å². The molecule has 1 aromatic heterocycles. The van der Waals surface area contributed by atoms with Crippen molar-refractivity contribution in [1.29, 1.82) is 0 Å². The van der Waals surface area contributed by atoms with Crippen LogP contribution in [-0.2, 0) is 4.74 Å². The van der Waals surface area contributed by atoms with Crippen LogP contribution >= 0.6 is 11.6 Å². The Kier molecular flexibility index (Phi) is 6.72. The van der Waals surface area contributed by atoms with Crippen molar-refractivity contribution in [2.75, 3.05) is 56.1 Å². The molecule has 3 aromatic carbocycles. The number of carbonyl (C=O) groups is 1. The van der Waals surface area contributed by atoms with Crippen LogP contribution < -0.4 is 9.80 Å². The molecule has 4 aliphatic heterocycles. The van der Waals surface area contributed by atoms with Gasteiger partial charge in [-0.05, 0) is 75.5 Å². The number of benzene rings is 3. The second-order valence-corrected chi connectivity index (χ2v) is 15.4. The molecule has 0 saturated carbocycles. The predicted molar refractivity (Wildman–Crippen MR) is 181 cm³/mol. The van der Waals surface area contributed by atoms with Crippen molar-refractivity contribution in [3.8, 4) is 11.1 Å². The first-order chi connectivity index (χ1) is 21.9. The monoisotopic (exact) mass is 642 g/mol. The fourth-order valence-electron chi connectivity index (χ4n) is 8.36. The van der Waals surface area contributed by atoms with E-state index >= 15 is 4.39 Å². The zero-order valence-electron chi connectivity index (χ0n) is 27.1. The molecule has 4 fully saturated rings.